The van der Waals surface area contributed by atoms with Crippen molar-refractivity contribution >= 4 is 35.6 Å². The molecule has 1 saturated carbocycles. The van der Waals surface area contributed by atoms with Gasteiger partial charge in [0.25, 0.3) is 5.69 Å². The fourth-order valence-corrected chi connectivity index (χ4v) is 3.92. The van der Waals surface area contributed by atoms with Crippen molar-refractivity contribution in [1.29, 1.82) is 0 Å². The number of likely N-dealkylation sites (tertiary alicyclic amines) is 1. The molecule has 7 heteroatoms. The Labute approximate surface area is 159 Å². The van der Waals surface area contributed by atoms with E-state index in [0.29, 0.717) is 12.1 Å². The Balaban J connectivity index is 0.00000208. The van der Waals surface area contributed by atoms with E-state index in [0.717, 1.165) is 30.9 Å². The predicted octanol–water partition coefficient (Wildman–Crippen LogP) is 3.41. The highest BCUT2D eigenvalue weighted by molar-refractivity contribution is 14.0. The second kappa shape index (κ2) is 8.64. The summed E-state index contributed by atoms with van der Waals surface area (Å²) in [6, 6.07) is 6.87. The third kappa shape index (κ3) is 4.17. The number of hydrogen-bond donors (Lipinski definition) is 1. The van der Waals surface area contributed by atoms with E-state index in [2.05, 4.69) is 15.2 Å². The van der Waals surface area contributed by atoms with Gasteiger partial charge in [0.15, 0.2) is 5.96 Å². The Kier molecular flexibility index (Phi) is 6.82. The summed E-state index contributed by atoms with van der Waals surface area (Å²) in [5.74, 6) is 2.43. The molecule has 0 aromatic heterocycles. The second-order valence-corrected chi connectivity index (χ2v) is 6.50. The van der Waals surface area contributed by atoms with Crippen LogP contribution < -0.4 is 5.32 Å². The number of aliphatic imine (C=N–C) groups is 1. The Hall–Kier alpha value is -1.38. The maximum atomic E-state index is 11.1. The molecule has 2 fully saturated rings. The lowest BCUT2D eigenvalue weighted by atomic mass is 9.82. The van der Waals surface area contributed by atoms with Crippen molar-refractivity contribution in [3.8, 4) is 0 Å². The summed E-state index contributed by atoms with van der Waals surface area (Å²) >= 11 is 0. The summed E-state index contributed by atoms with van der Waals surface area (Å²) in [4.78, 5) is 17.5. The van der Waals surface area contributed by atoms with Crippen molar-refractivity contribution in [2.75, 3.05) is 20.1 Å². The zero-order valence-corrected chi connectivity index (χ0v) is 16.3. The van der Waals surface area contributed by atoms with Gasteiger partial charge in [-0.2, -0.15) is 0 Å². The number of rotatable bonds is 3. The first-order valence-electron chi connectivity index (χ1n) is 8.37. The minimum atomic E-state index is -0.329. The number of nitrogens with one attached hydrogen (secondary N) is 1. The van der Waals surface area contributed by atoms with Crippen molar-refractivity contribution in [1.82, 2.24) is 10.2 Å². The minimum absolute atomic E-state index is 0. The maximum Gasteiger partial charge on any atom is 0.274 e. The topological polar surface area (TPSA) is 70.8 Å². The van der Waals surface area contributed by atoms with Gasteiger partial charge < -0.3 is 10.2 Å². The van der Waals surface area contributed by atoms with Crippen molar-refractivity contribution < 1.29 is 4.92 Å². The first-order chi connectivity index (χ1) is 11.2. The second-order valence-electron chi connectivity index (χ2n) is 6.50. The first kappa shape index (κ1) is 19.0. The summed E-state index contributed by atoms with van der Waals surface area (Å²) in [5, 5.41) is 14.4. The molecule has 0 amide bonds. The van der Waals surface area contributed by atoms with Crippen LogP contribution in [0.25, 0.3) is 0 Å². The number of para-hydroxylation sites is 1. The van der Waals surface area contributed by atoms with Gasteiger partial charge in [0.1, 0.15) is 0 Å². The maximum absolute atomic E-state index is 11.1. The molecule has 1 aromatic rings. The van der Waals surface area contributed by atoms with Gasteiger partial charge in [-0.05, 0) is 24.7 Å². The molecule has 132 valence electrons. The van der Waals surface area contributed by atoms with Crippen LogP contribution in [0.1, 0.15) is 31.2 Å². The van der Waals surface area contributed by atoms with Crippen LogP contribution in [0.3, 0.4) is 0 Å². The quantitative estimate of drug-likeness (QED) is 0.255. The van der Waals surface area contributed by atoms with Crippen LogP contribution >= 0.6 is 24.0 Å². The van der Waals surface area contributed by atoms with Crippen LogP contribution in [0.5, 0.6) is 0 Å². The van der Waals surface area contributed by atoms with E-state index >= 15 is 0 Å². The molecule has 1 aromatic carbocycles. The van der Waals surface area contributed by atoms with Gasteiger partial charge >= 0.3 is 0 Å². The summed E-state index contributed by atoms with van der Waals surface area (Å²) < 4.78 is 0. The van der Waals surface area contributed by atoms with E-state index < -0.39 is 0 Å². The molecule has 1 saturated heterocycles. The summed E-state index contributed by atoms with van der Waals surface area (Å²) in [5.41, 5.74) is 0.848. The predicted molar refractivity (Wildman–Crippen MR) is 106 cm³/mol. The molecular weight excluding hydrogens is 419 g/mol. The minimum Gasteiger partial charge on any atom is -0.352 e. The number of nitro groups is 1. The van der Waals surface area contributed by atoms with Gasteiger partial charge in [0, 0.05) is 38.3 Å². The fraction of sp³-hybridized carbons (Fsp3) is 0.588. The highest BCUT2D eigenvalue weighted by Crippen LogP contribution is 2.36. The Morgan fingerprint density at radius 1 is 1.29 bits per heavy atom. The molecule has 0 bridgehead atoms. The molecule has 2 aliphatic rings. The molecule has 2 unspecified atom stereocenters. The van der Waals surface area contributed by atoms with E-state index in [1.807, 2.05) is 6.07 Å². The zero-order chi connectivity index (χ0) is 16.2. The molecule has 1 N–H and O–H groups in total. The zero-order valence-electron chi connectivity index (χ0n) is 14.0. The lowest BCUT2D eigenvalue weighted by Crippen LogP contribution is -2.40. The summed E-state index contributed by atoms with van der Waals surface area (Å²) in [6.07, 6.45) is 5.33. The highest BCUT2D eigenvalue weighted by atomic mass is 127. The lowest BCUT2D eigenvalue weighted by Gasteiger charge is -2.22. The molecule has 1 aliphatic heterocycles. The van der Waals surface area contributed by atoms with Crippen molar-refractivity contribution in [3.05, 3.63) is 39.9 Å². The number of nitro benzene ring substituents is 1. The Morgan fingerprint density at radius 2 is 1.92 bits per heavy atom. The van der Waals surface area contributed by atoms with Crippen LogP contribution in [-0.4, -0.2) is 35.9 Å². The van der Waals surface area contributed by atoms with Gasteiger partial charge in [-0.25, -0.2) is 0 Å². The Morgan fingerprint density at radius 3 is 2.50 bits per heavy atom. The normalized spacial score (nSPS) is 23.4. The van der Waals surface area contributed by atoms with Gasteiger partial charge in [0.2, 0.25) is 0 Å². The van der Waals surface area contributed by atoms with Crippen LogP contribution in [-0.2, 0) is 6.54 Å². The summed E-state index contributed by atoms with van der Waals surface area (Å²) in [7, 11) is 1.78. The van der Waals surface area contributed by atoms with Gasteiger partial charge in [-0.3, -0.25) is 15.1 Å². The SMILES string of the molecule is CN=C(NCc1ccccc1[N+](=O)[O-])N1CC2CCCCC2C1.I. The standard InChI is InChI=1S/C17H24N4O2.HI/c1-18-17(20-11-14-7-2-3-8-15(14)12-20)19-10-13-6-4-5-9-16(13)21(22)23;/h4-6,9,14-15H,2-3,7-8,10-12H2,1H3,(H,18,19);1H. The van der Waals surface area contributed by atoms with Crippen LogP contribution in [0.2, 0.25) is 0 Å². The number of hydrogen-bond acceptors (Lipinski definition) is 3. The van der Waals surface area contributed by atoms with Crippen LogP contribution in [0.15, 0.2) is 29.3 Å². The average Bonchev–Trinajstić information content (AvgIpc) is 2.99. The lowest BCUT2D eigenvalue weighted by molar-refractivity contribution is -0.385. The third-order valence-electron chi connectivity index (χ3n) is 5.11. The first-order valence-corrected chi connectivity index (χ1v) is 8.37. The van der Waals surface area contributed by atoms with Crippen molar-refractivity contribution in [2.24, 2.45) is 16.8 Å². The smallest absolute Gasteiger partial charge is 0.274 e. The van der Waals surface area contributed by atoms with Gasteiger partial charge in [-0.15, -0.1) is 24.0 Å². The fourth-order valence-electron chi connectivity index (χ4n) is 3.92. The van der Waals surface area contributed by atoms with E-state index in [-0.39, 0.29) is 34.6 Å². The molecule has 1 heterocycles. The summed E-state index contributed by atoms with van der Waals surface area (Å²) in [6.45, 7) is 2.54. The van der Waals surface area contributed by atoms with E-state index in [1.165, 1.54) is 25.7 Å². The van der Waals surface area contributed by atoms with Gasteiger partial charge in [-0.1, -0.05) is 31.0 Å². The molecule has 0 radical (unpaired) electrons. The average molecular weight is 444 g/mol. The van der Waals surface area contributed by atoms with Crippen molar-refractivity contribution in [2.45, 2.75) is 32.2 Å². The number of guanidine groups is 1. The highest BCUT2D eigenvalue weighted by Gasteiger charge is 2.35. The number of halogens is 1. The van der Waals surface area contributed by atoms with E-state index in [4.69, 9.17) is 0 Å². The monoisotopic (exact) mass is 444 g/mol. The Bertz CT molecular complexity index is 594. The van der Waals surface area contributed by atoms with Crippen LogP contribution in [0, 0.1) is 22.0 Å². The molecule has 2 atom stereocenters. The van der Waals surface area contributed by atoms with Crippen molar-refractivity contribution in [3.63, 3.8) is 0 Å². The molecule has 1 aliphatic carbocycles. The molecule has 6 nitrogen and oxygen atoms in total. The number of fused-ring (bicyclic) bond motifs is 1. The van der Waals surface area contributed by atoms with Crippen LogP contribution in [0.4, 0.5) is 5.69 Å². The van der Waals surface area contributed by atoms with Gasteiger partial charge in [0.05, 0.1) is 4.92 Å². The third-order valence-corrected chi connectivity index (χ3v) is 5.11. The van der Waals surface area contributed by atoms with E-state index in [9.17, 15) is 10.1 Å². The number of nitrogens with zero attached hydrogens (tertiary/aromatic N) is 3. The molecular formula is C17H25IN4O2. The van der Waals surface area contributed by atoms with E-state index in [1.54, 1.807) is 25.2 Å². The number of benzene rings is 1. The molecule has 3 rings (SSSR count). The largest absolute Gasteiger partial charge is 0.352 e. The molecule has 0 spiro atoms. The molecule has 24 heavy (non-hydrogen) atoms.